The normalized spacial score (nSPS) is 11.9. The quantitative estimate of drug-likeness (QED) is 0.533. The summed E-state index contributed by atoms with van der Waals surface area (Å²) in [6.07, 6.45) is 1.69. The van der Waals surface area contributed by atoms with Gasteiger partial charge in [-0.3, -0.25) is 9.48 Å². The predicted molar refractivity (Wildman–Crippen MR) is 113 cm³/mol. The molecule has 0 fully saturated rings. The largest absolute Gasteiger partial charge is 0.462 e. The Labute approximate surface area is 175 Å². The Morgan fingerprint density at radius 1 is 1.32 bits per heavy atom. The fourth-order valence-corrected chi connectivity index (χ4v) is 4.44. The number of aromatic nitrogens is 2. The van der Waals surface area contributed by atoms with E-state index >= 15 is 0 Å². The number of carbonyl (C=O) groups is 2. The lowest BCUT2D eigenvalue weighted by Gasteiger charge is -2.09. The summed E-state index contributed by atoms with van der Waals surface area (Å²) in [6, 6.07) is 11.8. The van der Waals surface area contributed by atoms with E-state index in [1.54, 1.807) is 30.9 Å². The number of halogens is 1. The van der Waals surface area contributed by atoms with Crippen molar-refractivity contribution in [2.24, 2.45) is 7.05 Å². The number of ether oxygens (including phenoxy) is 1. The van der Waals surface area contributed by atoms with E-state index in [1.165, 1.54) is 11.3 Å². The molecule has 0 aliphatic carbocycles. The van der Waals surface area contributed by atoms with Crippen LogP contribution in [0.3, 0.4) is 0 Å². The second kappa shape index (κ2) is 8.70. The molecule has 1 N–H and O–H groups in total. The Morgan fingerprint density at radius 3 is 2.64 bits per heavy atom. The van der Waals surface area contributed by atoms with E-state index in [1.807, 2.05) is 30.3 Å². The van der Waals surface area contributed by atoms with Crippen molar-refractivity contribution >= 4 is 44.1 Å². The molecular weight excluding hydrogens is 442 g/mol. The van der Waals surface area contributed by atoms with Gasteiger partial charge < -0.3 is 10.1 Å². The molecule has 6 nitrogen and oxygen atoms in total. The van der Waals surface area contributed by atoms with Gasteiger partial charge in [0.1, 0.15) is 5.00 Å². The number of benzene rings is 1. The van der Waals surface area contributed by atoms with Crippen molar-refractivity contribution in [3.8, 4) is 0 Å². The van der Waals surface area contributed by atoms with Gasteiger partial charge in [0.15, 0.2) is 5.69 Å². The summed E-state index contributed by atoms with van der Waals surface area (Å²) in [5.41, 5.74) is 1.73. The van der Waals surface area contributed by atoms with E-state index in [-0.39, 0.29) is 18.2 Å². The molecule has 2 aromatic heterocycles. The monoisotopic (exact) mass is 461 g/mol. The Morgan fingerprint density at radius 2 is 2.04 bits per heavy atom. The van der Waals surface area contributed by atoms with Gasteiger partial charge in [0.25, 0.3) is 5.91 Å². The minimum Gasteiger partial charge on any atom is -0.462 e. The molecule has 0 saturated heterocycles. The van der Waals surface area contributed by atoms with Gasteiger partial charge >= 0.3 is 5.97 Å². The number of rotatable bonds is 6. The molecule has 3 rings (SSSR count). The maximum atomic E-state index is 12.7. The Balaban J connectivity index is 1.94. The summed E-state index contributed by atoms with van der Waals surface area (Å²) in [5.74, 6) is -0.772. The fourth-order valence-electron chi connectivity index (χ4n) is 2.76. The molecule has 1 amide bonds. The van der Waals surface area contributed by atoms with E-state index in [9.17, 15) is 9.59 Å². The van der Waals surface area contributed by atoms with Crippen LogP contribution in [-0.2, 0) is 11.8 Å². The van der Waals surface area contributed by atoms with E-state index in [4.69, 9.17) is 4.74 Å². The van der Waals surface area contributed by atoms with E-state index in [0.29, 0.717) is 15.0 Å². The highest BCUT2D eigenvalue weighted by Gasteiger charge is 2.24. The molecule has 8 heteroatoms. The number of anilines is 1. The maximum Gasteiger partial charge on any atom is 0.341 e. The van der Waals surface area contributed by atoms with E-state index < -0.39 is 11.9 Å². The molecule has 0 bridgehead atoms. The molecule has 146 valence electrons. The molecule has 2 heterocycles. The summed E-state index contributed by atoms with van der Waals surface area (Å²) < 4.78 is 7.30. The standard InChI is InChI=1S/C20H20BrN3O3S/c1-4-27-20(26)14-10-16(12(2)13-8-6-5-7-9-13)28-19(14)22-18(25)17-15(21)11-24(3)23-17/h5-12H,4H2,1-3H3,(H,22,25)/t12-/m0/s1. The Bertz CT molecular complexity index is 998. The minimum atomic E-state index is -0.458. The molecule has 0 radical (unpaired) electrons. The molecule has 0 aliphatic heterocycles. The number of amides is 1. The molecule has 0 aliphatic rings. The van der Waals surface area contributed by atoms with Gasteiger partial charge in [0, 0.05) is 24.0 Å². The number of hydrogen-bond acceptors (Lipinski definition) is 5. The second-order valence-corrected chi connectivity index (χ2v) is 8.14. The second-order valence-electron chi connectivity index (χ2n) is 6.20. The van der Waals surface area contributed by atoms with E-state index in [0.717, 1.165) is 10.4 Å². The zero-order valence-electron chi connectivity index (χ0n) is 15.7. The van der Waals surface area contributed by atoms with Crippen LogP contribution in [0.15, 0.2) is 47.1 Å². The number of esters is 1. The lowest BCUT2D eigenvalue weighted by Crippen LogP contribution is -2.15. The first-order chi connectivity index (χ1) is 13.4. The molecule has 3 aromatic rings. The lowest BCUT2D eigenvalue weighted by molar-refractivity contribution is 0.0528. The van der Waals surface area contributed by atoms with Crippen LogP contribution in [0.4, 0.5) is 5.00 Å². The van der Waals surface area contributed by atoms with Gasteiger partial charge in [-0.05, 0) is 34.5 Å². The first-order valence-corrected chi connectivity index (χ1v) is 10.4. The molecule has 1 atom stereocenters. The number of nitrogens with zero attached hydrogens (tertiary/aromatic N) is 2. The van der Waals surface area contributed by atoms with E-state index in [2.05, 4.69) is 33.3 Å². The molecule has 0 unspecified atom stereocenters. The van der Waals surface area contributed by atoms with Crippen LogP contribution in [0.2, 0.25) is 0 Å². The van der Waals surface area contributed by atoms with Crippen molar-refractivity contribution in [3.63, 3.8) is 0 Å². The number of aryl methyl sites for hydroxylation is 1. The summed E-state index contributed by atoms with van der Waals surface area (Å²) in [6.45, 7) is 4.08. The molecule has 1 aromatic carbocycles. The summed E-state index contributed by atoms with van der Waals surface area (Å²) in [4.78, 5) is 26.1. The van der Waals surface area contributed by atoms with Crippen molar-refractivity contribution in [2.45, 2.75) is 19.8 Å². The zero-order chi connectivity index (χ0) is 20.3. The topological polar surface area (TPSA) is 73.2 Å². The van der Waals surface area contributed by atoms with Crippen LogP contribution in [-0.4, -0.2) is 28.3 Å². The highest BCUT2D eigenvalue weighted by atomic mass is 79.9. The van der Waals surface area contributed by atoms with Gasteiger partial charge in [-0.15, -0.1) is 11.3 Å². The first-order valence-electron chi connectivity index (χ1n) is 8.77. The van der Waals surface area contributed by atoms with Crippen molar-refractivity contribution < 1.29 is 14.3 Å². The van der Waals surface area contributed by atoms with Gasteiger partial charge in [0.05, 0.1) is 16.6 Å². The molecule has 28 heavy (non-hydrogen) atoms. The zero-order valence-corrected chi connectivity index (χ0v) is 18.1. The number of nitrogens with one attached hydrogen (secondary N) is 1. The highest BCUT2D eigenvalue weighted by molar-refractivity contribution is 9.10. The smallest absolute Gasteiger partial charge is 0.341 e. The van der Waals surface area contributed by atoms with Gasteiger partial charge in [-0.2, -0.15) is 5.10 Å². The summed E-state index contributed by atoms with van der Waals surface area (Å²) in [5, 5.41) is 7.43. The predicted octanol–water partition coefficient (Wildman–Crippen LogP) is 4.82. The van der Waals surface area contributed by atoms with Crippen molar-refractivity contribution in [2.75, 3.05) is 11.9 Å². The van der Waals surface area contributed by atoms with Gasteiger partial charge in [-0.1, -0.05) is 37.3 Å². The van der Waals surface area contributed by atoms with Crippen LogP contribution in [0, 0.1) is 0 Å². The van der Waals surface area contributed by atoms with Gasteiger partial charge in [0.2, 0.25) is 0 Å². The van der Waals surface area contributed by atoms with Crippen molar-refractivity contribution in [1.82, 2.24) is 9.78 Å². The average molecular weight is 462 g/mol. The van der Waals surface area contributed by atoms with Gasteiger partial charge in [-0.25, -0.2) is 4.79 Å². The van der Waals surface area contributed by atoms with Crippen LogP contribution < -0.4 is 5.32 Å². The lowest BCUT2D eigenvalue weighted by atomic mass is 9.99. The van der Waals surface area contributed by atoms with Crippen LogP contribution >= 0.6 is 27.3 Å². The Kier molecular flexibility index (Phi) is 6.31. The number of hydrogen-bond donors (Lipinski definition) is 1. The third-order valence-electron chi connectivity index (χ3n) is 4.20. The summed E-state index contributed by atoms with van der Waals surface area (Å²) >= 11 is 4.70. The van der Waals surface area contributed by atoms with Crippen molar-refractivity contribution in [3.05, 3.63) is 68.8 Å². The minimum absolute atomic E-state index is 0.0756. The van der Waals surface area contributed by atoms with Crippen molar-refractivity contribution in [1.29, 1.82) is 0 Å². The Hall–Kier alpha value is -2.45. The summed E-state index contributed by atoms with van der Waals surface area (Å²) in [7, 11) is 1.73. The fraction of sp³-hybridized carbons (Fsp3) is 0.250. The maximum absolute atomic E-state index is 12.7. The first kappa shape index (κ1) is 20.3. The molecular formula is C20H20BrN3O3S. The highest BCUT2D eigenvalue weighted by Crippen LogP contribution is 2.36. The number of carbonyl (C=O) groups excluding carboxylic acids is 2. The third kappa shape index (κ3) is 4.34. The SMILES string of the molecule is CCOC(=O)c1cc([C@@H](C)c2ccccc2)sc1NC(=O)c1nn(C)cc1Br. The number of thiophene rings is 1. The third-order valence-corrected chi connectivity index (χ3v) is 6.01. The van der Waals surface area contributed by atoms with Crippen LogP contribution in [0.25, 0.3) is 0 Å². The van der Waals surface area contributed by atoms with Crippen LogP contribution in [0.5, 0.6) is 0 Å². The van der Waals surface area contributed by atoms with Crippen LogP contribution in [0.1, 0.15) is 51.1 Å². The average Bonchev–Trinajstić information content (AvgIpc) is 3.24. The molecule has 0 saturated carbocycles. The molecule has 0 spiro atoms.